The van der Waals surface area contributed by atoms with Crippen LogP contribution in [0.1, 0.15) is 24.8 Å². The Kier molecular flexibility index (Phi) is 4.24. The van der Waals surface area contributed by atoms with E-state index in [9.17, 15) is 0 Å². The van der Waals surface area contributed by atoms with E-state index in [1.54, 1.807) is 0 Å². The number of hydrogen-bond donors (Lipinski definition) is 1. The summed E-state index contributed by atoms with van der Waals surface area (Å²) in [6.45, 7) is 2.26. The predicted molar refractivity (Wildman–Crippen MR) is 61.1 cm³/mol. The van der Waals surface area contributed by atoms with Crippen molar-refractivity contribution in [2.45, 2.75) is 19.3 Å². The van der Waals surface area contributed by atoms with E-state index in [1.165, 1.54) is 12.0 Å². The second kappa shape index (κ2) is 5.01. The van der Waals surface area contributed by atoms with Crippen LogP contribution in [0.25, 0.3) is 0 Å². The van der Waals surface area contributed by atoms with Gasteiger partial charge in [-0.05, 0) is 36.0 Å². The van der Waals surface area contributed by atoms with Crippen molar-refractivity contribution in [1.82, 2.24) is 0 Å². The molecule has 0 spiro atoms. The van der Waals surface area contributed by atoms with E-state index in [2.05, 4.69) is 13.0 Å². The van der Waals surface area contributed by atoms with E-state index in [-0.39, 0.29) is 0 Å². The molecular weight excluding hydrogens is 219 g/mol. The molecule has 2 unspecified atom stereocenters. The Hall–Kier alpha value is -0.240. The standard InChI is InChI=1S/C10H10Cl2.CH4O/c1-6-4-8(6)7-2-3-9(11)10(12)5-7;1-2/h2-3,5-6,8H,4H2,1H3;2H,1H3. The van der Waals surface area contributed by atoms with Crippen molar-refractivity contribution in [1.29, 1.82) is 0 Å². The third-order valence-electron chi connectivity index (χ3n) is 2.48. The van der Waals surface area contributed by atoms with Crippen LogP contribution in [0.5, 0.6) is 0 Å². The first-order chi connectivity index (χ1) is 6.68. The minimum absolute atomic E-state index is 0.647. The Bertz CT molecular complexity index is 312. The molecular formula is C11H14Cl2O. The molecule has 2 atom stereocenters. The van der Waals surface area contributed by atoms with Gasteiger partial charge < -0.3 is 5.11 Å². The monoisotopic (exact) mass is 232 g/mol. The molecule has 1 saturated carbocycles. The van der Waals surface area contributed by atoms with Crippen molar-refractivity contribution in [3.8, 4) is 0 Å². The van der Waals surface area contributed by atoms with Gasteiger partial charge in [-0.15, -0.1) is 0 Å². The fraction of sp³-hybridized carbons (Fsp3) is 0.455. The highest BCUT2D eigenvalue weighted by Gasteiger charge is 2.33. The molecule has 2 rings (SSSR count). The smallest absolute Gasteiger partial charge is 0.0595 e. The lowest BCUT2D eigenvalue weighted by Gasteiger charge is -2.00. The first kappa shape index (κ1) is 11.8. The minimum atomic E-state index is 0.647. The molecule has 1 fully saturated rings. The van der Waals surface area contributed by atoms with Gasteiger partial charge in [0, 0.05) is 7.11 Å². The summed E-state index contributed by atoms with van der Waals surface area (Å²) in [5, 5.41) is 8.32. The van der Waals surface area contributed by atoms with Crippen LogP contribution >= 0.6 is 23.2 Å². The van der Waals surface area contributed by atoms with Crippen molar-refractivity contribution in [3.05, 3.63) is 33.8 Å². The van der Waals surface area contributed by atoms with E-state index in [4.69, 9.17) is 28.3 Å². The van der Waals surface area contributed by atoms with Crippen LogP contribution in [0.3, 0.4) is 0 Å². The Morgan fingerprint density at radius 2 is 1.79 bits per heavy atom. The van der Waals surface area contributed by atoms with Crippen molar-refractivity contribution in [3.63, 3.8) is 0 Å². The fourth-order valence-corrected chi connectivity index (χ4v) is 1.84. The molecule has 0 amide bonds. The SMILES string of the molecule is CC1CC1c1ccc(Cl)c(Cl)c1.CO. The Labute approximate surface area is 94.7 Å². The van der Waals surface area contributed by atoms with Gasteiger partial charge in [-0.3, -0.25) is 0 Å². The summed E-state index contributed by atoms with van der Waals surface area (Å²) >= 11 is 11.7. The minimum Gasteiger partial charge on any atom is -0.400 e. The van der Waals surface area contributed by atoms with Crippen molar-refractivity contribution < 1.29 is 5.11 Å². The zero-order valence-corrected chi connectivity index (χ0v) is 9.81. The van der Waals surface area contributed by atoms with Gasteiger partial charge in [0.25, 0.3) is 0 Å². The molecule has 0 bridgehead atoms. The van der Waals surface area contributed by atoms with Gasteiger partial charge in [-0.25, -0.2) is 0 Å². The summed E-state index contributed by atoms with van der Waals surface area (Å²) in [7, 11) is 1.00. The number of aliphatic hydroxyl groups excluding tert-OH is 1. The third-order valence-corrected chi connectivity index (χ3v) is 3.22. The number of aliphatic hydroxyl groups is 1. The van der Waals surface area contributed by atoms with Crippen LogP contribution < -0.4 is 0 Å². The Balaban J connectivity index is 0.000000461. The lowest BCUT2D eigenvalue weighted by Crippen LogP contribution is -1.80. The zero-order chi connectivity index (χ0) is 10.7. The molecule has 1 N–H and O–H groups in total. The molecule has 0 heterocycles. The zero-order valence-electron chi connectivity index (χ0n) is 8.30. The van der Waals surface area contributed by atoms with Gasteiger partial charge in [-0.2, -0.15) is 0 Å². The molecule has 78 valence electrons. The summed E-state index contributed by atoms with van der Waals surface area (Å²) in [6, 6.07) is 5.94. The van der Waals surface area contributed by atoms with Crippen LogP contribution in [0.15, 0.2) is 18.2 Å². The van der Waals surface area contributed by atoms with Crippen LogP contribution in [0.4, 0.5) is 0 Å². The third kappa shape index (κ3) is 2.63. The highest BCUT2D eigenvalue weighted by atomic mass is 35.5. The van der Waals surface area contributed by atoms with Crippen molar-refractivity contribution in [2.24, 2.45) is 5.92 Å². The topological polar surface area (TPSA) is 20.2 Å². The first-order valence-electron chi connectivity index (χ1n) is 4.58. The normalized spacial score (nSPS) is 23.8. The van der Waals surface area contributed by atoms with Crippen molar-refractivity contribution >= 4 is 23.2 Å². The van der Waals surface area contributed by atoms with E-state index in [0.29, 0.717) is 10.0 Å². The maximum Gasteiger partial charge on any atom is 0.0595 e. The number of benzene rings is 1. The molecule has 1 nitrogen and oxygen atoms in total. The predicted octanol–water partition coefficient (Wildman–Crippen LogP) is 3.73. The number of halogens is 2. The van der Waals surface area contributed by atoms with E-state index >= 15 is 0 Å². The van der Waals surface area contributed by atoms with Gasteiger partial charge in [0.1, 0.15) is 0 Å². The summed E-state index contributed by atoms with van der Waals surface area (Å²) in [5.74, 6) is 1.54. The average molecular weight is 233 g/mol. The highest BCUT2D eigenvalue weighted by Crippen LogP contribution is 2.47. The maximum absolute atomic E-state index is 7.00. The molecule has 1 aromatic rings. The maximum atomic E-state index is 7.00. The number of rotatable bonds is 1. The Morgan fingerprint density at radius 1 is 1.21 bits per heavy atom. The van der Waals surface area contributed by atoms with Crippen LogP contribution in [0, 0.1) is 5.92 Å². The molecule has 3 heteroatoms. The van der Waals surface area contributed by atoms with Gasteiger partial charge in [0.15, 0.2) is 0 Å². The lowest BCUT2D eigenvalue weighted by atomic mass is 10.1. The summed E-state index contributed by atoms with van der Waals surface area (Å²) in [4.78, 5) is 0. The molecule has 0 saturated heterocycles. The lowest BCUT2D eigenvalue weighted by molar-refractivity contribution is 0.399. The first-order valence-corrected chi connectivity index (χ1v) is 5.33. The van der Waals surface area contributed by atoms with Gasteiger partial charge >= 0.3 is 0 Å². The molecule has 0 aromatic heterocycles. The molecule has 0 aliphatic heterocycles. The van der Waals surface area contributed by atoms with E-state index < -0.39 is 0 Å². The summed E-state index contributed by atoms with van der Waals surface area (Å²) in [6.07, 6.45) is 1.29. The van der Waals surface area contributed by atoms with Gasteiger partial charge in [-0.1, -0.05) is 36.2 Å². The second-order valence-electron chi connectivity index (χ2n) is 3.49. The van der Waals surface area contributed by atoms with Gasteiger partial charge in [0.05, 0.1) is 10.0 Å². The number of hydrogen-bond acceptors (Lipinski definition) is 1. The molecule has 1 aromatic carbocycles. The summed E-state index contributed by atoms with van der Waals surface area (Å²) in [5.41, 5.74) is 1.33. The molecule has 1 aliphatic carbocycles. The van der Waals surface area contributed by atoms with Crippen LogP contribution in [0.2, 0.25) is 10.0 Å². The van der Waals surface area contributed by atoms with Crippen molar-refractivity contribution in [2.75, 3.05) is 7.11 Å². The van der Waals surface area contributed by atoms with Crippen LogP contribution in [-0.4, -0.2) is 12.2 Å². The second-order valence-corrected chi connectivity index (χ2v) is 4.31. The Morgan fingerprint density at radius 3 is 2.21 bits per heavy atom. The van der Waals surface area contributed by atoms with E-state index in [1.807, 2.05) is 12.1 Å². The quantitative estimate of drug-likeness (QED) is 0.783. The van der Waals surface area contributed by atoms with E-state index in [0.717, 1.165) is 18.9 Å². The summed E-state index contributed by atoms with van der Waals surface area (Å²) < 4.78 is 0. The average Bonchev–Trinajstić information content (AvgIpc) is 2.91. The molecule has 1 aliphatic rings. The van der Waals surface area contributed by atoms with Crippen LogP contribution in [-0.2, 0) is 0 Å². The van der Waals surface area contributed by atoms with Gasteiger partial charge in [0.2, 0.25) is 0 Å². The molecule has 0 radical (unpaired) electrons. The highest BCUT2D eigenvalue weighted by molar-refractivity contribution is 6.42. The fourth-order valence-electron chi connectivity index (χ4n) is 1.53. The largest absolute Gasteiger partial charge is 0.400 e. The molecule has 14 heavy (non-hydrogen) atoms.